The van der Waals surface area contributed by atoms with Crippen LogP contribution in [0.4, 0.5) is 0 Å². The molecule has 1 N–H and O–H groups in total. The van der Waals surface area contributed by atoms with E-state index in [1.54, 1.807) is 19.2 Å². The minimum Gasteiger partial charge on any atom is -0.352 e. The number of carbonyl (C=O) groups excluding carboxylic acids is 1. The van der Waals surface area contributed by atoms with E-state index in [9.17, 15) is 17.4 Å². The third-order valence-electron chi connectivity index (χ3n) is 3.00. The van der Waals surface area contributed by atoms with Crippen molar-refractivity contribution in [2.75, 3.05) is 12.8 Å². The summed E-state index contributed by atoms with van der Waals surface area (Å²) >= 11 is 0. The molecule has 1 rings (SSSR count). The quantitative estimate of drug-likeness (QED) is 0.792. The fraction of sp³-hybridized carbons (Fsp3) is 0.462. The third-order valence-corrected chi connectivity index (χ3v) is 5.70. The summed E-state index contributed by atoms with van der Waals surface area (Å²) in [6, 6.07) is 4.23. The highest BCUT2D eigenvalue weighted by Gasteiger charge is 2.15. The number of rotatable bonds is 6. The molecule has 0 aliphatic heterocycles. The minimum absolute atomic E-state index is 0.0124. The zero-order valence-corrected chi connectivity index (χ0v) is 14.4. The summed E-state index contributed by atoms with van der Waals surface area (Å²) < 4.78 is 33.9. The first kappa shape index (κ1) is 18.1. The van der Waals surface area contributed by atoms with Gasteiger partial charge in [0.05, 0.1) is 4.90 Å². The number of benzene rings is 1. The molecule has 2 atom stereocenters. The molecule has 2 unspecified atom stereocenters. The maximum atomic E-state index is 12.0. The lowest BCUT2D eigenvalue weighted by molar-refractivity contribution is 0.0953. The summed E-state index contributed by atoms with van der Waals surface area (Å²) in [7, 11) is 0.483. The number of halogens is 1. The Kier molecular flexibility index (Phi) is 6.37. The van der Waals surface area contributed by atoms with Crippen LogP contribution in [0.1, 0.15) is 29.3 Å². The van der Waals surface area contributed by atoms with Gasteiger partial charge in [0.25, 0.3) is 15.0 Å². The monoisotopic (exact) mass is 351 g/mol. The van der Waals surface area contributed by atoms with Crippen molar-refractivity contribution in [3.8, 4) is 0 Å². The summed E-state index contributed by atoms with van der Waals surface area (Å²) in [5, 5.41) is 2.67. The molecule has 5 nitrogen and oxygen atoms in total. The standard InChI is InChI=1S/C13H18ClNO4S2/c1-9-6-11(8-12(7-9)21(14,18)19)13(16)15-5-4-10(2)20(3)17/h6-8,10H,4-5H2,1-3H3,(H,15,16). The first-order chi connectivity index (χ1) is 9.61. The van der Waals surface area contributed by atoms with Crippen LogP contribution in [-0.2, 0) is 19.9 Å². The Morgan fingerprint density at radius 3 is 2.52 bits per heavy atom. The molecule has 0 heterocycles. The fourth-order valence-electron chi connectivity index (χ4n) is 1.68. The lowest BCUT2D eigenvalue weighted by Gasteiger charge is -2.10. The summed E-state index contributed by atoms with van der Waals surface area (Å²) in [5.41, 5.74) is 0.865. The molecule has 21 heavy (non-hydrogen) atoms. The van der Waals surface area contributed by atoms with E-state index in [1.165, 1.54) is 12.1 Å². The van der Waals surface area contributed by atoms with E-state index in [4.69, 9.17) is 10.7 Å². The third kappa shape index (κ3) is 5.76. The minimum atomic E-state index is -3.87. The van der Waals surface area contributed by atoms with Crippen LogP contribution in [0.3, 0.4) is 0 Å². The predicted octanol–water partition coefficient (Wildman–Crippen LogP) is 1.81. The number of aryl methyl sites for hydroxylation is 1. The van der Waals surface area contributed by atoms with Crippen LogP contribution < -0.4 is 5.32 Å². The Morgan fingerprint density at radius 1 is 1.38 bits per heavy atom. The van der Waals surface area contributed by atoms with Crippen LogP contribution in [0, 0.1) is 6.92 Å². The summed E-state index contributed by atoms with van der Waals surface area (Å²) in [5.74, 6) is -0.380. The summed E-state index contributed by atoms with van der Waals surface area (Å²) in [4.78, 5) is 11.9. The summed E-state index contributed by atoms with van der Waals surface area (Å²) in [6.45, 7) is 3.90. The zero-order valence-electron chi connectivity index (χ0n) is 12.1. The average molecular weight is 352 g/mol. The van der Waals surface area contributed by atoms with Gasteiger partial charge in [-0.3, -0.25) is 9.00 Å². The van der Waals surface area contributed by atoms with E-state index in [0.29, 0.717) is 18.5 Å². The van der Waals surface area contributed by atoms with Gasteiger partial charge in [0.2, 0.25) is 0 Å². The Bertz CT molecular complexity index is 658. The van der Waals surface area contributed by atoms with Crippen molar-refractivity contribution in [2.24, 2.45) is 0 Å². The van der Waals surface area contributed by atoms with Gasteiger partial charge in [-0.15, -0.1) is 0 Å². The second-order valence-electron chi connectivity index (χ2n) is 4.83. The molecule has 1 aromatic carbocycles. The van der Waals surface area contributed by atoms with Crippen molar-refractivity contribution in [3.05, 3.63) is 29.3 Å². The van der Waals surface area contributed by atoms with Crippen LogP contribution in [0.25, 0.3) is 0 Å². The highest BCUT2D eigenvalue weighted by molar-refractivity contribution is 8.13. The molecule has 0 saturated carbocycles. The molecule has 8 heteroatoms. The second-order valence-corrected chi connectivity index (χ2v) is 9.19. The number of nitrogens with one attached hydrogen (secondary N) is 1. The van der Waals surface area contributed by atoms with Crippen molar-refractivity contribution in [1.29, 1.82) is 0 Å². The molecular formula is C13H18ClNO4S2. The summed E-state index contributed by atoms with van der Waals surface area (Å²) in [6.07, 6.45) is 2.20. The van der Waals surface area contributed by atoms with Gasteiger partial charge < -0.3 is 5.32 Å². The molecule has 118 valence electrons. The van der Waals surface area contributed by atoms with Crippen molar-refractivity contribution in [3.63, 3.8) is 0 Å². The van der Waals surface area contributed by atoms with Gasteiger partial charge in [-0.25, -0.2) is 8.42 Å². The van der Waals surface area contributed by atoms with E-state index in [1.807, 2.05) is 6.92 Å². The molecule has 0 aromatic heterocycles. The van der Waals surface area contributed by atoms with Crippen LogP contribution in [0.5, 0.6) is 0 Å². The van der Waals surface area contributed by atoms with Gasteiger partial charge in [-0.05, 0) is 37.1 Å². The van der Waals surface area contributed by atoms with E-state index < -0.39 is 19.9 Å². The molecule has 0 spiro atoms. The number of amides is 1. The number of hydrogen-bond acceptors (Lipinski definition) is 4. The topological polar surface area (TPSA) is 80.3 Å². The molecule has 0 saturated heterocycles. The Labute approximate surface area is 132 Å². The van der Waals surface area contributed by atoms with Gasteiger partial charge in [0.1, 0.15) is 0 Å². The van der Waals surface area contributed by atoms with E-state index in [2.05, 4.69) is 5.32 Å². The maximum Gasteiger partial charge on any atom is 0.261 e. The van der Waals surface area contributed by atoms with E-state index in [-0.39, 0.29) is 21.6 Å². The second kappa shape index (κ2) is 7.38. The molecular weight excluding hydrogens is 334 g/mol. The molecule has 0 bridgehead atoms. The van der Waals surface area contributed by atoms with Crippen molar-refractivity contribution in [1.82, 2.24) is 5.32 Å². The van der Waals surface area contributed by atoms with Crippen LogP contribution in [0.15, 0.2) is 23.1 Å². The van der Waals surface area contributed by atoms with Crippen LogP contribution in [-0.4, -0.2) is 36.6 Å². The van der Waals surface area contributed by atoms with Crippen LogP contribution >= 0.6 is 10.7 Å². The Morgan fingerprint density at radius 2 is 2.00 bits per heavy atom. The predicted molar refractivity (Wildman–Crippen MR) is 84.7 cm³/mol. The number of carbonyl (C=O) groups is 1. The molecule has 1 amide bonds. The molecule has 0 aliphatic rings. The Hall–Kier alpha value is -0.920. The average Bonchev–Trinajstić information content (AvgIpc) is 2.36. The van der Waals surface area contributed by atoms with E-state index >= 15 is 0 Å². The van der Waals surface area contributed by atoms with Gasteiger partial charge in [-0.1, -0.05) is 6.92 Å². The van der Waals surface area contributed by atoms with E-state index in [0.717, 1.165) is 0 Å². The SMILES string of the molecule is Cc1cc(C(=O)NCCC(C)S(C)=O)cc(S(=O)(=O)Cl)c1. The highest BCUT2D eigenvalue weighted by Crippen LogP contribution is 2.18. The van der Waals surface area contributed by atoms with Crippen molar-refractivity contribution >= 4 is 36.4 Å². The zero-order chi connectivity index (χ0) is 16.2. The fourth-order valence-corrected chi connectivity index (χ4v) is 2.99. The Balaban J connectivity index is 2.79. The van der Waals surface area contributed by atoms with Crippen molar-refractivity contribution in [2.45, 2.75) is 30.4 Å². The maximum absolute atomic E-state index is 12.0. The van der Waals surface area contributed by atoms with Gasteiger partial charge in [-0.2, -0.15) is 0 Å². The van der Waals surface area contributed by atoms with Gasteiger partial charge in [0, 0.05) is 45.1 Å². The largest absolute Gasteiger partial charge is 0.352 e. The molecule has 1 aromatic rings. The lowest BCUT2D eigenvalue weighted by Crippen LogP contribution is -2.27. The first-order valence-corrected chi connectivity index (χ1v) is 10.2. The van der Waals surface area contributed by atoms with Crippen LogP contribution in [0.2, 0.25) is 0 Å². The molecule has 0 radical (unpaired) electrons. The molecule has 0 aliphatic carbocycles. The van der Waals surface area contributed by atoms with Gasteiger partial charge in [0.15, 0.2) is 0 Å². The lowest BCUT2D eigenvalue weighted by atomic mass is 10.1. The van der Waals surface area contributed by atoms with Crippen molar-refractivity contribution < 1.29 is 17.4 Å². The number of hydrogen-bond donors (Lipinski definition) is 1. The first-order valence-electron chi connectivity index (χ1n) is 6.28. The normalized spacial score (nSPS) is 14.5. The van der Waals surface area contributed by atoms with Gasteiger partial charge >= 0.3 is 0 Å². The molecule has 0 fully saturated rings. The highest BCUT2D eigenvalue weighted by atomic mass is 35.7. The smallest absolute Gasteiger partial charge is 0.261 e.